The van der Waals surface area contributed by atoms with Crippen LogP contribution in [0.1, 0.15) is 22.8 Å². The summed E-state index contributed by atoms with van der Waals surface area (Å²) >= 11 is 5.91. The quantitative estimate of drug-likeness (QED) is 0.793. The zero-order chi connectivity index (χ0) is 18.6. The lowest BCUT2D eigenvalue weighted by Crippen LogP contribution is -2.30. The van der Waals surface area contributed by atoms with Gasteiger partial charge in [0.2, 0.25) is 0 Å². The predicted octanol–water partition coefficient (Wildman–Crippen LogP) is 3.55. The van der Waals surface area contributed by atoms with Gasteiger partial charge in [0.05, 0.1) is 7.11 Å². The lowest BCUT2D eigenvalue weighted by molar-refractivity contribution is -0.123. The van der Waals surface area contributed by atoms with E-state index in [2.05, 4.69) is 5.32 Å². The molecule has 0 aliphatic rings. The summed E-state index contributed by atoms with van der Waals surface area (Å²) in [4.78, 5) is 24.3. The van der Waals surface area contributed by atoms with E-state index < -0.39 is 18.0 Å². The van der Waals surface area contributed by atoms with Crippen LogP contribution in [0.25, 0.3) is 0 Å². The van der Waals surface area contributed by atoms with Crippen LogP contribution in [0.3, 0.4) is 0 Å². The Kier molecular flexibility index (Phi) is 5.88. The SMILES string of the molecule is COc1ccc(C(=O)O[C@@H](C)C(=O)Nc2cc(Cl)ccc2C)c(O)c1. The summed E-state index contributed by atoms with van der Waals surface area (Å²) in [5.41, 5.74) is 1.30. The van der Waals surface area contributed by atoms with Crippen molar-refractivity contribution in [2.75, 3.05) is 12.4 Å². The number of aryl methyl sites for hydroxylation is 1. The third-order valence-electron chi connectivity index (χ3n) is 3.54. The van der Waals surface area contributed by atoms with Crippen LogP contribution in [0.15, 0.2) is 36.4 Å². The van der Waals surface area contributed by atoms with Gasteiger partial charge in [-0.3, -0.25) is 4.79 Å². The number of carbonyl (C=O) groups is 2. The summed E-state index contributed by atoms with van der Waals surface area (Å²) in [6.07, 6.45) is -1.06. The Morgan fingerprint density at radius 3 is 2.56 bits per heavy atom. The highest BCUT2D eigenvalue weighted by molar-refractivity contribution is 6.31. The Hall–Kier alpha value is -2.73. The molecule has 2 N–H and O–H groups in total. The summed E-state index contributed by atoms with van der Waals surface area (Å²) < 4.78 is 10.1. The molecule has 6 nitrogen and oxygen atoms in total. The van der Waals surface area contributed by atoms with Crippen LogP contribution >= 0.6 is 11.6 Å². The number of methoxy groups -OCH3 is 1. The maximum absolute atomic E-state index is 12.2. The molecule has 0 bridgehead atoms. The van der Waals surface area contributed by atoms with E-state index in [1.807, 2.05) is 6.92 Å². The second-order valence-corrected chi connectivity index (χ2v) is 5.82. The average molecular weight is 364 g/mol. The average Bonchev–Trinajstić information content (AvgIpc) is 2.57. The molecule has 2 aromatic carbocycles. The first kappa shape index (κ1) is 18.6. The number of aromatic hydroxyl groups is 1. The molecule has 0 aliphatic carbocycles. The van der Waals surface area contributed by atoms with Crippen molar-refractivity contribution in [2.24, 2.45) is 0 Å². The molecular formula is C18H18ClNO5. The van der Waals surface area contributed by atoms with E-state index in [9.17, 15) is 14.7 Å². The number of carbonyl (C=O) groups excluding carboxylic acids is 2. The normalized spacial score (nSPS) is 11.5. The zero-order valence-electron chi connectivity index (χ0n) is 14.0. The van der Waals surface area contributed by atoms with Gasteiger partial charge in [-0.1, -0.05) is 17.7 Å². The molecule has 132 valence electrons. The van der Waals surface area contributed by atoms with Crippen molar-refractivity contribution in [3.05, 3.63) is 52.5 Å². The first-order valence-electron chi connectivity index (χ1n) is 7.47. The molecule has 0 saturated carbocycles. The van der Waals surface area contributed by atoms with Crippen LogP contribution in [0.2, 0.25) is 5.02 Å². The van der Waals surface area contributed by atoms with Crippen LogP contribution in [-0.2, 0) is 9.53 Å². The molecule has 1 amide bonds. The monoisotopic (exact) mass is 363 g/mol. The van der Waals surface area contributed by atoms with Crippen molar-refractivity contribution in [3.63, 3.8) is 0 Å². The van der Waals surface area contributed by atoms with Crippen LogP contribution in [0.4, 0.5) is 5.69 Å². The standard InChI is InChI=1S/C18H18ClNO5/c1-10-4-5-12(19)8-15(10)20-17(22)11(2)25-18(23)14-7-6-13(24-3)9-16(14)21/h4-9,11,21H,1-3H3,(H,20,22)/t11-/m0/s1. The lowest BCUT2D eigenvalue weighted by atomic mass is 10.2. The maximum Gasteiger partial charge on any atom is 0.342 e. The Labute approximate surface area is 150 Å². The van der Waals surface area contributed by atoms with Crippen LogP contribution in [0.5, 0.6) is 11.5 Å². The number of hydrogen-bond acceptors (Lipinski definition) is 5. The summed E-state index contributed by atoms with van der Waals surface area (Å²) in [6.45, 7) is 3.26. The number of esters is 1. The number of ether oxygens (including phenoxy) is 2. The molecule has 2 rings (SSSR count). The number of benzene rings is 2. The van der Waals surface area contributed by atoms with Gasteiger partial charge >= 0.3 is 5.97 Å². The van der Waals surface area contributed by atoms with Crippen molar-refractivity contribution in [3.8, 4) is 11.5 Å². The highest BCUT2D eigenvalue weighted by Gasteiger charge is 2.21. The van der Waals surface area contributed by atoms with Gasteiger partial charge < -0.3 is 19.9 Å². The highest BCUT2D eigenvalue weighted by Crippen LogP contribution is 2.25. The molecule has 0 heterocycles. The second-order valence-electron chi connectivity index (χ2n) is 5.38. The van der Waals surface area contributed by atoms with Gasteiger partial charge in [-0.2, -0.15) is 0 Å². The molecule has 0 aliphatic heterocycles. The number of phenolic OH excluding ortho intramolecular Hbond substituents is 1. The molecule has 0 fully saturated rings. The molecule has 0 radical (unpaired) electrons. The number of amides is 1. The van der Waals surface area contributed by atoms with Crippen LogP contribution in [0, 0.1) is 6.92 Å². The molecule has 0 spiro atoms. The minimum absolute atomic E-state index is 0.0561. The van der Waals surface area contributed by atoms with Gasteiger partial charge in [0.25, 0.3) is 5.91 Å². The molecule has 0 unspecified atom stereocenters. The minimum Gasteiger partial charge on any atom is -0.507 e. The number of halogens is 1. The molecule has 2 aromatic rings. The van der Waals surface area contributed by atoms with Gasteiger partial charge in [0, 0.05) is 16.8 Å². The fraction of sp³-hybridized carbons (Fsp3) is 0.222. The van der Waals surface area contributed by atoms with Crippen LogP contribution < -0.4 is 10.1 Å². The number of nitrogens with one attached hydrogen (secondary N) is 1. The van der Waals surface area contributed by atoms with E-state index in [4.69, 9.17) is 21.1 Å². The van der Waals surface area contributed by atoms with E-state index in [0.717, 1.165) is 5.56 Å². The van der Waals surface area contributed by atoms with Crippen LogP contribution in [-0.4, -0.2) is 30.2 Å². The molecule has 25 heavy (non-hydrogen) atoms. The molecule has 0 aromatic heterocycles. The van der Waals surface area contributed by atoms with Gasteiger partial charge in [0.1, 0.15) is 17.1 Å². The predicted molar refractivity (Wildman–Crippen MR) is 94.4 cm³/mol. The smallest absolute Gasteiger partial charge is 0.342 e. The zero-order valence-corrected chi connectivity index (χ0v) is 14.8. The molecule has 7 heteroatoms. The fourth-order valence-electron chi connectivity index (χ4n) is 2.05. The van der Waals surface area contributed by atoms with E-state index in [1.165, 1.54) is 32.2 Å². The van der Waals surface area contributed by atoms with E-state index in [-0.39, 0.29) is 11.3 Å². The number of hydrogen-bond donors (Lipinski definition) is 2. The summed E-state index contributed by atoms with van der Waals surface area (Å²) in [5, 5.41) is 13.0. The third kappa shape index (κ3) is 4.64. The first-order chi connectivity index (χ1) is 11.8. The number of phenols is 1. The largest absolute Gasteiger partial charge is 0.507 e. The summed E-state index contributed by atoms with van der Waals surface area (Å²) in [6, 6.07) is 9.25. The fourth-order valence-corrected chi connectivity index (χ4v) is 2.22. The van der Waals surface area contributed by atoms with Gasteiger partial charge in [-0.05, 0) is 43.7 Å². The first-order valence-corrected chi connectivity index (χ1v) is 7.84. The third-order valence-corrected chi connectivity index (χ3v) is 3.77. The van der Waals surface area contributed by atoms with Crippen molar-refractivity contribution in [1.29, 1.82) is 0 Å². The van der Waals surface area contributed by atoms with Crippen molar-refractivity contribution in [1.82, 2.24) is 0 Å². The van der Waals surface area contributed by atoms with Gasteiger partial charge in [0.15, 0.2) is 6.10 Å². The Morgan fingerprint density at radius 2 is 1.92 bits per heavy atom. The topological polar surface area (TPSA) is 84.9 Å². The number of anilines is 1. The Morgan fingerprint density at radius 1 is 1.20 bits per heavy atom. The summed E-state index contributed by atoms with van der Waals surface area (Å²) in [7, 11) is 1.44. The number of rotatable bonds is 5. The van der Waals surface area contributed by atoms with E-state index >= 15 is 0 Å². The summed E-state index contributed by atoms with van der Waals surface area (Å²) in [5.74, 6) is -1.21. The molecular weight excluding hydrogens is 346 g/mol. The second kappa shape index (κ2) is 7.90. The maximum atomic E-state index is 12.2. The van der Waals surface area contributed by atoms with E-state index in [1.54, 1.807) is 18.2 Å². The highest BCUT2D eigenvalue weighted by atomic mass is 35.5. The van der Waals surface area contributed by atoms with Crippen molar-refractivity contribution in [2.45, 2.75) is 20.0 Å². The Balaban J connectivity index is 2.05. The molecule has 1 atom stereocenters. The minimum atomic E-state index is -1.06. The van der Waals surface area contributed by atoms with Crippen molar-refractivity contribution >= 4 is 29.2 Å². The lowest BCUT2D eigenvalue weighted by Gasteiger charge is -2.15. The van der Waals surface area contributed by atoms with Gasteiger partial charge in [-0.15, -0.1) is 0 Å². The van der Waals surface area contributed by atoms with E-state index in [0.29, 0.717) is 16.5 Å². The molecule has 0 saturated heterocycles. The van der Waals surface area contributed by atoms with Gasteiger partial charge in [-0.25, -0.2) is 4.79 Å². The Bertz CT molecular complexity index is 806. The van der Waals surface area contributed by atoms with Crippen molar-refractivity contribution < 1.29 is 24.2 Å².